The van der Waals surface area contributed by atoms with Gasteiger partial charge in [-0.3, -0.25) is 14.5 Å². The summed E-state index contributed by atoms with van der Waals surface area (Å²) in [6.45, 7) is 5.25. The monoisotopic (exact) mass is 309 g/mol. The van der Waals surface area contributed by atoms with Crippen LogP contribution in [0.3, 0.4) is 0 Å². The normalized spacial score (nSPS) is 19.1. The highest BCUT2D eigenvalue weighted by Crippen LogP contribution is 2.22. The smallest absolute Gasteiger partial charge is 0.261 e. The van der Waals surface area contributed by atoms with Gasteiger partial charge in [0, 0.05) is 26.2 Å². The lowest BCUT2D eigenvalue weighted by atomic mass is 10.1. The first-order valence-corrected chi connectivity index (χ1v) is 7.15. The van der Waals surface area contributed by atoms with Gasteiger partial charge >= 0.3 is 0 Å². The van der Waals surface area contributed by atoms with Gasteiger partial charge in [0.05, 0.1) is 11.1 Å². The van der Waals surface area contributed by atoms with Crippen molar-refractivity contribution in [1.82, 2.24) is 15.1 Å². The molecule has 2 heterocycles. The Bertz CT molecular complexity index is 492. The Hall–Kier alpha value is -1.43. The number of amides is 2. The maximum Gasteiger partial charge on any atom is 0.261 e. The quantitative estimate of drug-likeness (QED) is 0.847. The molecule has 2 aliphatic heterocycles. The van der Waals surface area contributed by atoms with Gasteiger partial charge in [-0.25, -0.2) is 0 Å². The number of rotatable bonds is 3. The van der Waals surface area contributed by atoms with Gasteiger partial charge in [0.1, 0.15) is 0 Å². The molecule has 1 saturated heterocycles. The predicted molar refractivity (Wildman–Crippen MR) is 83.0 cm³/mol. The Kier molecular flexibility index (Phi) is 5.33. The molecule has 0 aliphatic carbocycles. The number of hydrogen-bond donors (Lipinski definition) is 1. The molecule has 1 aromatic carbocycles. The van der Waals surface area contributed by atoms with Crippen LogP contribution < -0.4 is 5.32 Å². The Labute approximate surface area is 130 Å². The summed E-state index contributed by atoms with van der Waals surface area (Å²) in [5.74, 6) is -0.308. The lowest BCUT2D eigenvalue weighted by Crippen LogP contribution is -2.39. The van der Waals surface area contributed by atoms with Crippen molar-refractivity contribution in [1.29, 1.82) is 0 Å². The number of halogens is 1. The molecule has 1 aromatic rings. The van der Waals surface area contributed by atoms with E-state index in [1.807, 2.05) is 0 Å². The van der Waals surface area contributed by atoms with E-state index in [1.165, 1.54) is 4.90 Å². The molecular formula is C15H20ClN3O2. The van der Waals surface area contributed by atoms with E-state index in [0.29, 0.717) is 17.7 Å². The number of hydrogen-bond acceptors (Lipinski definition) is 4. The van der Waals surface area contributed by atoms with E-state index < -0.39 is 0 Å². The molecule has 3 rings (SSSR count). The molecule has 21 heavy (non-hydrogen) atoms. The zero-order chi connectivity index (χ0) is 13.9. The molecule has 5 nitrogen and oxygen atoms in total. The molecule has 1 N–H and O–H groups in total. The van der Waals surface area contributed by atoms with Gasteiger partial charge in [0.15, 0.2) is 0 Å². The largest absolute Gasteiger partial charge is 0.315 e. The fraction of sp³-hybridized carbons (Fsp3) is 0.467. The maximum atomic E-state index is 12.2. The molecule has 0 radical (unpaired) electrons. The molecule has 1 fully saturated rings. The fourth-order valence-corrected chi connectivity index (χ4v) is 2.81. The topological polar surface area (TPSA) is 52.7 Å². The van der Waals surface area contributed by atoms with Crippen LogP contribution in [0.1, 0.15) is 27.1 Å². The Balaban J connectivity index is 0.00000161. The number of benzene rings is 1. The first-order chi connectivity index (χ1) is 9.77. The van der Waals surface area contributed by atoms with Gasteiger partial charge in [-0.1, -0.05) is 12.1 Å². The Morgan fingerprint density at radius 1 is 0.952 bits per heavy atom. The molecule has 0 unspecified atom stereocenters. The van der Waals surface area contributed by atoms with Crippen LogP contribution in [0.15, 0.2) is 24.3 Å². The zero-order valence-electron chi connectivity index (χ0n) is 11.9. The highest BCUT2D eigenvalue weighted by Gasteiger charge is 2.34. The van der Waals surface area contributed by atoms with Gasteiger partial charge in [-0.05, 0) is 31.6 Å². The van der Waals surface area contributed by atoms with Gasteiger partial charge < -0.3 is 10.2 Å². The van der Waals surface area contributed by atoms with Crippen molar-refractivity contribution in [2.45, 2.75) is 6.42 Å². The highest BCUT2D eigenvalue weighted by molar-refractivity contribution is 6.21. The first-order valence-electron chi connectivity index (χ1n) is 7.15. The molecule has 2 amide bonds. The number of fused-ring (bicyclic) bond motifs is 1. The Morgan fingerprint density at radius 3 is 2.29 bits per heavy atom. The second-order valence-corrected chi connectivity index (χ2v) is 5.25. The molecule has 0 saturated carbocycles. The second kappa shape index (κ2) is 7.02. The minimum atomic E-state index is -0.154. The summed E-state index contributed by atoms with van der Waals surface area (Å²) in [7, 11) is 0. The van der Waals surface area contributed by atoms with Gasteiger partial charge in [-0.2, -0.15) is 0 Å². The van der Waals surface area contributed by atoms with E-state index in [-0.39, 0.29) is 24.2 Å². The van der Waals surface area contributed by atoms with Crippen LogP contribution in [0.25, 0.3) is 0 Å². The molecule has 0 aromatic heterocycles. The lowest BCUT2D eigenvalue weighted by Gasteiger charge is -2.22. The van der Waals surface area contributed by atoms with Crippen LogP contribution in [-0.2, 0) is 0 Å². The first kappa shape index (κ1) is 15.9. The molecule has 0 spiro atoms. The van der Waals surface area contributed by atoms with E-state index in [2.05, 4.69) is 10.2 Å². The third-order valence-electron chi connectivity index (χ3n) is 3.95. The van der Waals surface area contributed by atoms with Crippen molar-refractivity contribution in [3.63, 3.8) is 0 Å². The number of nitrogens with zero attached hydrogens (tertiary/aromatic N) is 2. The number of imide groups is 1. The second-order valence-electron chi connectivity index (χ2n) is 5.25. The minimum Gasteiger partial charge on any atom is -0.315 e. The van der Waals surface area contributed by atoms with Crippen LogP contribution in [0.4, 0.5) is 0 Å². The highest BCUT2D eigenvalue weighted by atomic mass is 35.5. The molecule has 2 aliphatic rings. The number of nitrogens with one attached hydrogen (secondary N) is 1. The van der Waals surface area contributed by atoms with Crippen molar-refractivity contribution in [2.75, 3.05) is 39.3 Å². The average molecular weight is 310 g/mol. The predicted octanol–water partition coefficient (Wildman–Crippen LogP) is 1.000. The van der Waals surface area contributed by atoms with E-state index in [0.717, 1.165) is 39.1 Å². The molecule has 6 heteroatoms. The van der Waals surface area contributed by atoms with Gasteiger partial charge in [0.25, 0.3) is 11.8 Å². The third kappa shape index (κ3) is 3.26. The standard InChI is InChI=1S/C15H19N3O2.ClH/c19-14-12-4-1-2-5-13(12)15(20)18(14)11-10-17-8-3-6-16-7-9-17;/h1-2,4-5,16H,3,6-11H2;1H. The van der Waals surface area contributed by atoms with Crippen molar-refractivity contribution in [2.24, 2.45) is 0 Å². The van der Waals surface area contributed by atoms with Crippen LogP contribution in [0, 0.1) is 0 Å². The summed E-state index contributed by atoms with van der Waals surface area (Å²) in [5.41, 5.74) is 1.07. The van der Waals surface area contributed by atoms with Crippen molar-refractivity contribution >= 4 is 24.2 Å². The van der Waals surface area contributed by atoms with E-state index >= 15 is 0 Å². The fourth-order valence-electron chi connectivity index (χ4n) is 2.81. The summed E-state index contributed by atoms with van der Waals surface area (Å²) in [5, 5.41) is 3.35. The van der Waals surface area contributed by atoms with Crippen molar-refractivity contribution < 1.29 is 9.59 Å². The lowest BCUT2D eigenvalue weighted by molar-refractivity contribution is 0.0637. The summed E-state index contributed by atoms with van der Waals surface area (Å²) in [6.07, 6.45) is 1.11. The average Bonchev–Trinajstić information content (AvgIpc) is 2.68. The number of carbonyl (C=O) groups is 2. The Morgan fingerprint density at radius 2 is 1.62 bits per heavy atom. The third-order valence-corrected chi connectivity index (χ3v) is 3.95. The van der Waals surface area contributed by atoms with E-state index in [4.69, 9.17) is 0 Å². The molecule has 0 bridgehead atoms. The summed E-state index contributed by atoms with van der Waals surface area (Å²) in [6, 6.07) is 7.05. The van der Waals surface area contributed by atoms with Crippen LogP contribution in [0.5, 0.6) is 0 Å². The van der Waals surface area contributed by atoms with E-state index in [1.54, 1.807) is 24.3 Å². The zero-order valence-corrected chi connectivity index (χ0v) is 12.7. The van der Waals surface area contributed by atoms with Crippen LogP contribution in [0.2, 0.25) is 0 Å². The van der Waals surface area contributed by atoms with Crippen molar-refractivity contribution in [3.8, 4) is 0 Å². The van der Waals surface area contributed by atoms with Gasteiger partial charge in [0.2, 0.25) is 0 Å². The van der Waals surface area contributed by atoms with Gasteiger partial charge in [-0.15, -0.1) is 12.4 Å². The summed E-state index contributed by atoms with van der Waals surface area (Å²) < 4.78 is 0. The number of carbonyl (C=O) groups excluding carboxylic acids is 2. The molecule has 0 atom stereocenters. The maximum absolute atomic E-state index is 12.2. The summed E-state index contributed by atoms with van der Waals surface area (Å²) in [4.78, 5) is 28.1. The van der Waals surface area contributed by atoms with E-state index in [9.17, 15) is 9.59 Å². The molecule has 114 valence electrons. The SMILES string of the molecule is Cl.O=C1c2ccccc2C(=O)N1CCN1CCCNCC1. The van der Waals surface area contributed by atoms with Crippen molar-refractivity contribution in [3.05, 3.63) is 35.4 Å². The van der Waals surface area contributed by atoms with Crippen LogP contribution in [-0.4, -0.2) is 60.9 Å². The van der Waals surface area contributed by atoms with Crippen LogP contribution >= 0.6 is 12.4 Å². The minimum absolute atomic E-state index is 0. The molecular weight excluding hydrogens is 290 g/mol. The summed E-state index contributed by atoms with van der Waals surface area (Å²) >= 11 is 0.